The molecular formula is C15H21ClN4O3S. The maximum absolute atomic E-state index is 11.7. The van der Waals surface area contributed by atoms with Gasteiger partial charge in [-0.3, -0.25) is 4.79 Å². The minimum absolute atomic E-state index is 0. The molecule has 7 nitrogen and oxygen atoms in total. The monoisotopic (exact) mass is 372 g/mol. The average molecular weight is 373 g/mol. The molecule has 1 aliphatic heterocycles. The zero-order chi connectivity index (χ0) is 16.2. The second kappa shape index (κ2) is 8.55. The number of hydrogen-bond acceptors (Lipinski definition) is 7. The SMILES string of the molecule is COc1coc(CSc2nnc(C3CCNCC3)n2C)cc1=O.Cl. The van der Waals surface area contributed by atoms with Crippen LogP contribution in [0.2, 0.25) is 0 Å². The number of nitrogens with zero attached hydrogens (tertiary/aromatic N) is 3. The summed E-state index contributed by atoms with van der Waals surface area (Å²) in [7, 11) is 3.44. The summed E-state index contributed by atoms with van der Waals surface area (Å²) in [5, 5.41) is 12.8. The molecule has 0 unspecified atom stereocenters. The van der Waals surface area contributed by atoms with Gasteiger partial charge in [0.2, 0.25) is 11.2 Å². The summed E-state index contributed by atoms with van der Waals surface area (Å²) in [5.41, 5.74) is -0.178. The third-order valence-corrected chi connectivity index (χ3v) is 5.03. The number of methoxy groups -OCH3 is 1. The van der Waals surface area contributed by atoms with Gasteiger partial charge in [0.15, 0.2) is 5.16 Å². The van der Waals surface area contributed by atoms with E-state index in [1.54, 1.807) is 0 Å². The molecule has 0 aliphatic carbocycles. The Kier molecular flexibility index (Phi) is 6.70. The van der Waals surface area contributed by atoms with Gasteiger partial charge in [0.1, 0.15) is 17.8 Å². The van der Waals surface area contributed by atoms with E-state index < -0.39 is 0 Å². The number of nitrogens with one attached hydrogen (secondary N) is 1. The average Bonchev–Trinajstić information content (AvgIpc) is 2.94. The van der Waals surface area contributed by atoms with Gasteiger partial charge < -0.3 is 19.0 Å². The largest absolute Gasteiger partial charge is 0.490 e. The van der Waals surface area contributed by atoms with Gasteiger partial charge in [-0.15, -0.1) is 22.6 Å². The zero-order valence-corrected chi connectivity index (χ0v) is 15.3. The molecule has 0 bridgehead atoms. The maximum atomic E-state index is 11.7. The second-order valence-corrected chi connectivity index (χ2v) is 6.43. The predicted octanol–water partition coefficient (Wildman–Crippen LogP) is 1.96. The summed E-state index contributed by atoms with van der Waals surface area (Å²) in [6, 6.07) is 1.45. The fourth-order valence-corrected chi connectivity index (χ4v) is 3.49. The van der Waals surface area contributed by atoms with Gasteiger partial charge in [-0.25, -0.2) is 0 Å². The number of aromatic nitrogens is 3. The van der Waals surface area contributed by atoms with Crippen LogP contribution in [0.4, 0.5) is 0 Å². The molecule has 0 radical (unpaired) electrons. The summed E-state index contributed by atoms with van der Waals surface area (Å²) < 4.78 is 12.4. The summed E-state index contributed by atoms with van der Waals surface area (Å²) in [6.45, 7) is 2.05. The van der Waals surface area contributed by atoms with E-state index in [4.69, 9.17) is 9.15 Å². The molecule has 2 aromatic rings. The standard InChI is InChI=1S/C15H20N4O3S.ClH/c1-19-14(10-3-5-16-6-4-10)17-18-15(19)23-9-11-7-12(20)13(21-2)8-22-11;/h7-8,10,16H,3-6,9H2,1-2H3;1H. The normalized spacial score (nSPS) is 15.1. The molecule has 0 aromatic carbocycles. The molecule has 132 valence electrons. The fourth-order valence-electron chi connectivity index (χ4n) is 2.69. The highest BCUT2D eigenvalue weighted by molar-refractivity contribution is 7.98. The predicted molar refractivity (Wildman–Crippen MR) is 94.2 cm³/mol. The Balaban J connectivity index is 0.00000208. The van der Waals surface area contributed by atoms with Gasteiger partial charge in [-0.05, 0) is 25.9 Å². The second-order valence-electron chi connectivity index (χ2n) is 5.49. The number of hydrogen-bond donors (Lipinski definition) is 1. The first-order chi connectivity index (χ1) is 11.2. The van der Waals surface area contributed by atoms with Gasteiger partial charge in [0.25, 0.3) is 0 Å². The van der Waals surface area contributed by atoms with Crippen LogP contribution in [0.1, 0.15) is 30.3 Å². The van der Waals surface area contributed by atoms with E-state index in [-0.39, 0.29) is 23.6 Å². The highest BCUT2D eigenvalue weighted by atomic mass is 35.5. The van der Waals surface area contributed by atoms with Crippen molar-refractivity contribution in [2.24, 2.45) is 7.05 Å². The Labute approximate surface area is 150 Å². The van der Waals surface area contributed by atoms with E-state index in [1.807, 2.05) is 11.6 Å². The molecule has 1 N–H and O–H groups in total. The molecule has 2 aromatic heterocycles. The van der Waals surface area contributed by atoms with Crippen molar-refractivity contribution in [3.63, 3.8) is 0 Å². The Morgan fingerprint density at radius 2 is 2.17 bits per heavy atom. The smallest absolute Gasteiger partial charge is 0.227 e. The van der Waals surface area contributed by atoms with Crippen molar-refractivity contribution in [3.05, 3.63) is 34.1 Å². The Morgan fingerprint density at radius 1 is 1.42 bits per heavy atom. The summed E-state index contributed by atoms with van der Waals surface area (Å²) in [5.74, 6) is 2.82. The van der Waals surface area contributed by atoms with Crippen LogP contribution in [0.25, 0.3) is 0 Å². The van der Waals surface area contributed by atoms with Crippen LogP contribution in [0.5, 0.6) is 5.75 Å². The topological polar surface area (TPSA) is 82.2 Å². The number of halogens is 1. The molecule has 1 fully saturated rings. The Morgan fingerprint density at radius 3 is 2.83 bits per heavy atom. The van der Waals surface area contributed by atoms with Crippen molar-refractivity contribution < 1.29 is 9.15 Å². The van der Waals surface area contributed by atoms with E-state index in [1.165, 1.54) is 31.2 Å². The molecule has 1 aliphatic rings. The third kappa shape index (κ3) is 4.12. The Bertz CT molecular complexity index is 728. The molecule has 0 spiro atoms. The number of thioether (sulfide) groups is 1. The lowest BCUT2D eigenvalue weighted by atomic mass is 9.97. The molecular weight excluding hydrogens is 352 g/mol. The third-order valence-electron chi connectivity index (χ3n) is 3.99. The summed E-state index contributed by atoms with van der Waals surface area (Å²) in [6.07, 6.45) is 3.52. The van der Waals surface area contributed by atoms with E-state index in [0.717, 1.165) is 36.9 Å². The van der Waals surface area contributed by atoms with Crippen LogP contribution in [0.3, 0.4) is 0 Å². The first-order valence-corrected chi connectivity index (χ1v) is 8.56. The molecule has 0 saturated carbocycles. The van der Waals surface area contributed by atoms with Gasteiger partial charge in [0, 0.05) is 19.0 Å². The number of ether oxygens (including phenoxy) is 1. The van der Waals surface area contributed by atoms with Gasteiger partial charge in [-0.2, -0.15) is 0 Å². The molecule has 1 saturated heterocycles. The van der Waals surface area contributed by atoms with E-state index in [0.29, 0.717) is 17.4 Å². The van der Waals surface area contributed by atoms with E-state index in [2.05, 4.69) is 15.5 Å². The quantitative estimate of drug-likeness (QED) is 0.803. The lowest BCUT2D eigenvalue weighted by molar-refractivity contribution is 0.381. The van der Waals surface area contributed by atoms with Gasteiger partial charge in [-0.1, -0.05) is 11.8 Å². The summed E-state index contributed by atoms with van der Waals surface area (Å²) >= 11 is 1.51. The first-order valence-electron chi connectivity index (χ1n) is 7.57. The van der Waals surface area contributed by atoms with Gasteiger partial charge in [0.05, 0.1) is 12.9 Å². The lowest BCUT2D eigenvalue weighted by Gasteiger charge is -2.21. The Hall–Kier alpha value is -1.51. The van der Waals surface area contributed by atoms with Crippen LogP contribution < -0.4 is 15.5 Å². The minimum Gasteiger partial charge on any atom is -0.490 e. The highest BCUT2D eigenvalue weighted by Crippen LogP contribution is 2.27. The molecule has 3 heterocycles. The van der Waals surface area contributed by atoms with Crippen molar-refractivity contribution in [2.45, 2.75) is 29.7 Å². The molecule has 9 heteroatoms. The first kappa shape index (κ1) is 18.8. The van der Waals surface area contributed by atoms with Crippen LogP contribution in [0.15, 0.2) is 26.7 Å². The number of rotatable bonds is 5. The van der Waals surface area contributed by atoms with Crippen LogP contribution in [-0.2, 0) is 12.8 Å². The highest BCUT2D eigenvalue weighted by Gasteiger charge is 2.21. The number of piperidine rings is 1. The van der Waals surface area contributed by atoms with Crippen molar-refractivity contribution in [1.29, 1.82) is 0 Å². The van der Waals surface area contributed by atoms with Crippen molar-refractivity contribution in [1.82, 2.24) is 20.1 Å². The summed E-state index contributed by atoms with van der Waals surface area (Å²) in [4.78, 5) is 11.7. The molecule has 0 amide bonds. The van der Waals surface area contributed by atoms with Crippen LogP contribution in [-0.4, -0.2) is 35.0 Å². The van der Waals surface area contributed by atoms with Crippen molar-refractivity contribution >= 4 is 24.2 Å². The fraction of sp³-hybridized carbons (Fsp3) is 0.533. The van der Waals surface area contributed by atoms with Crippen LogP contribution >= 0.6 is 24.2 Å². The van der Waals surface area contributed by atoms with Crippen molar-refractivity contribution in [3.8, 4) is 5.75 Å². The van der Waals surface area contributed by atoms with E-state index in [9.17, 15) is 4.79 Å². The maximum Gasteiger partial charge on any atom is 0.227 e. The van der Waals surface area contributed by atoms with Crippen LogP contribution in [0, 0.1) is 0 Å². The lowest BCUT2D eigenvalue weighted by Crippen LogP contribution is -2.27. The zero-order valence-electron chi connectivity index (χ0n) is 13.7. The van der Waals surface area contributed by atoms with Crippen molar-refractivity contribution in [2.75, 3.05) is 20.2 Å². The molecule has 0 atom stereocenters. The minimum atomic E-state index is -0.178. The van der Waals surface area contributed by atoms with E-state index >= 15 is 0 Å². The molecule has 3 rings (SSSR count). The molecule has 24 heavy (non-hydrogen) atoms. The van der Waals surface area contributed by atoms with Gasteiger partial charge >= 0.3 is 0 Å².